The van der Waals surface area contributed by atoms with Crippen molar-refractivity contribution in [3.63, 3.8) is 0 Å². The molecule has 0 amide bonds. The lowest BCUT2D eigenvalue weighted by atomic mass is 10.7. The van der Waals surface area contributed by atoms with Crippen LogP contribution in [0.15, 0.2) is 0 Å². The smallest absolute Gasteiger partial charge is 0.350 e. The summed E-state index contributed by atoms with van der Waals surface area (Å²) in [4.78, 5) is 9.88. The minimum atomic E-state index is -4.61. The number of aliphatic carboxylic acids is 1. The van der Waals surface area contributed by atoms with Gasteiger partial charge in [-0.2, -0.15) is 8.78 Å². The molecule has 84 valence electrons. The number of nitrogens with one attached hydrogen (secondary N) is 1. The van der Waals surface area contributed by atoms with Gasteiger partial charge in [0.1, 0.15) is 6.61 Å². The van der Waals surface area contributed by atoms with Crippen molar-refractivity contribution in [3.05, 3.63) is 0 Å². The Morgan fingerprint density at radius 2 is 2.07 bits per heavy atom. The molecular weight excluding hydrogens is 224 g/mol. The zero-order valence-corrected chi connectivity index (χ0v) is 7.76. The number of hydrogen-bond acceptors (Lipinski definition) is 4. The van der Waals surface area contributed by atoms with Crippen LogP contribution in [-0.4, -0.2) is 45.0 Å². The van der Waals surface area contributed by atoms with Crippen molar-refractivity contribution < 1.29 is 31.8 Å². The molecule has 0 saturated heterocycles. The number of carboxylic acid groups (broad SMARTS) is 1. The first-order valence-electron chi connectivity index (χ1n) is 3.42. The number of alkyl halides is 2. The van der Waals surface area contributed by atoms with Gasteiger partial charge in [-0.05, 0) is 0 Å². The average Bonchev–Trinajstić information content (AvgIpc) is 2.02. The molecule has 6 nitrogen and oxygen atoms in total. The Kier molecular flexibility index (Phi) is 5.50. The van der Waals surface area contributed by atoms with Crippen LogP contribution in [0.4, 0.5) is 8.78 Å². The van der Waals surface area contributed by atoms with Gasteiger partial charge in [0.2, 0.25) is 0 Å². The summed E-state index contributed by atoms with van der Waals surface area (Å²) in [5.41, 5.74) is 0. The molecule has 0 rings (SSSR count). The second kappa shape index (κ2) is 5.83. The maximum Gasteiger partial charge on any atom is 0.350 e. The van der Waals surface area contributed by atoms with Crippen molar-refractivity contribution in [2.45, 2.75) is 5.76 Å². The number of hydrogen-bond donors (Lipinski definition) is 2. The highest BCUT2D eigenvalue weighted by Gasteiger charge is 2.22. The zero-order chi connectivity index (χ0) is 11.2. The van der Waals surface area contributed by atoms with E-state index in [1.807, 2.05) is 0 Å². The van der Waals surface area contributed by atoms with E-state index < -0.39 is 28.4 Å². The molecule has 14 heavy (non-hydrogen) atoms. The molecule has 9 heteroatoms. The molecular formula is C5H9F2NO5S. The molecule has 0 aromatic rings. The van der Waals surface area contributed by atoms with Crippen molar-refractivity contribution in [1.29, 1.82) is 0 Å². The van der Waals surface area contributed by atoms with Gasteiger partial charge >= 0.3 is 11.7 Å². The number of sulfonamides is 1. The second-order valence-corrected chi connectivity index (χ2v) is 3.88. The quantitative estimate of drug-likeness (QED) is 0.563. The van der Waals surface area contributed by atoms with Gasteiger partial charge in [-0.1, -0.05) is 0 Å². The largest absolute Gasteiger partial charge is 0.480 e. The summed E-state index contributed by atoms with van der Waals surface area (Å²) in [6.07, 6.45) is 0. The van der Waals surface area contributed by atoms with Gasteiger partial charge in [0, 0.05) is 6.54 Å². The maximum absolute atomic E-state index is 11.7. The Morgan fingerprint density at radius 1 is 1.50 bits per heavy atom. The molecule has 0 fully saturated rings. The molecule has 0 aliphatic carbocycles. The summed E-state index contributed by atoms with van der Waals surface area (Å²) in [7, 11) is -4.61. The molecule has 0 atom stereocenters. The zero-order valence-electron chi connectivity index (χ0n) is 6.94. The number of ether oxygens (including phenoxy) is 1. The van der Waals surface area contributed by atoms with E-state index >= 15 is 0 Å². The van der Waals surface area contributed by atoms with Gasteiger partial charge < -0.3 is 9.84 Å². The molecule has 0 spiro atoms. The Morgan fingerprint density at radius 3 is 2.50 bits per heavy atom. The van der Waals surface area contributed by atoms with Gasteiger partial charge in [-0.25, -0.2) is 17.9 Å². The van der Waals surface area contributed by atoms with Gasteiger partial charge in [0.05, 0.1) is 6.61 Å². The van der Waals surface area contributed by atoms with Crippen LogP contribution in [0.1, 0.15) is 0 Å². The van der Waals surface area contributed by atoms with Gasteiger partial charge in [0.25, 0.3) is 10.0 Å². The summed E-state index contributed by atoms with van der Waals surface area (Å²) in [5.74, 6) is -4.72. The highest BCUT2D eigenvalue weighted by atomic mass is 32.2. The first-order valence-corrected chi connectivity index (χ1v) is 4.97. The van der Waals surface area contributed by atoms with Crippen molar-refractivity contribution in [1.82, 2.24) is 4.72 Å². The predicted octanol–water partition coefficient (Wildman–Crippen LogP) is -0.770. The van der Waals surface area contributed by atoms with Crippen LogP contribution in [0.3, 0.4) is 0 Å². The standard InChI is InChI=1S/C5H9F2NO5S/c6-5(7)14(11,12)8-1-2-13-3-4(9)10/h5,8H,1-3H2,(H,9,10). The number of carboxylic acids is 1. The fourth-order valence-corrected chi connectivity index (χ4v) is 0.972. The van der Waals surface area contributed by atoms with E-state index in [-0.39, 0.29) is 13.2 Å². The van der Waals surface area contributed by atoms with E-state index in [1.165, 1.54) is 4.72 Å². The normalized spacial score (nSPS) is 11.9. The molecule has 0 aliphatic heterocycles. The SMILES string of the molecule is O=C(O)COCCNS(=O)(=O)C(F)F. The average molecular weight is 233 g/mol. The summed E-state index contributed by atoms with van der Waals surface area (Å²) in [5, 5.41) is 8.08. The van der Waals surface area contributed by atoms with E-state index in [9.17, 15) is 22.0 Å². The molecule has 0 unspecified atom stereocenters. The van der Waals surface area contributed by atoms with Gasteiger partial charge in [0.15, 0.2) is 0 Å². The summed E-state index contributed by atoms with van der Waals surface area (Å²) >= 11 is 0. The Labute approximate surface area is 78.9 Å². The molecule has 0 saturated carbocycles. The van der Waals surface area contributed by atoms with E-state index in [1.54, 1.807) is 0 Å². The topological polar surface area (TPSA) is 92.7 Å². The maximum atomic E-state index is 11.7. The highest BCUT2D eigenvalue weighted by molar-refractivity contribution is 7.89. The Balaban J connectivity index is 3.60. The van der Waals surface area contributed by atoms with Crippen molar-refractivity contribution in [2.75, 3.05) is 19.8 Å². The molecule has 0 heterocycles. The third-order valence-electron chi connectivity index (χ3n) is 1.01. The predicted molar refractivity (Wildman–Crippen MR) is 41.4 cm³/mol. The fraction of sp³-hybridized carbons (Fsp3) is 0.800. The van der Waals surface area contributed by atoms with E-state index in [0.717, 1.165) is 0 Å². The molecule has 0 aliphatic rings. The molecule has 2 N–H and O–H groups in total. The lowest BCUT2D eigenvalue weighted by molar-refractivity contribution is -0.142. The van der Waals surface area contributed by atoms with Crippen molar-refractivity contribution >= 4 is 16.0 Å². The van der Waals surface area contributed by atoms with Gasteiger partial charge in [-0.3, -0.25) is 0 Å². The van der Waals surface area contributed by atoms with Crippen LogP contribution in [0.5, 0.6) is 0 Å². The number of rotatable bonds is 7. The molecule has 0 bridgehead atoms. The number of carbonyl (C=O) groups is 1. The molecule has 0 radical (unpaired) electrons. The third-order valence-corrected chi connectivity index (χ3v) is 2.09. The summed E-state index contributed by atoms with van der Waals surface area (Å²) in [6.45, 7) is -1.27. The van der Waals surface area contributed by atoms with Gasteiger partial charge in [-0.15, -0.1) is 0 Å². The fourth-order valence-electron chi connectivity index (χ4n) is 0.479. The first kappa shape index (κ1) is 13.2. The summed E-state index contributed by atoms with van der Waals surface area (Å²) in [6, 6.07) is 0. The second-order valence-electron chi connectivity index (χ2n) is 2.15. The van der Waals surface area contributed by atoms with E-state index in [2.05, 4.69) is 4.74 Å². The van der Waals surface area contributed by atoms with Crippen LogP contribution in [0.2, 0.25) is 0 Å². The monoisotopic (exact) mass is 233 g/mol. The van der Waals surface area contributed by atoms with Crippen molar-refractivity contribution in [3.8, 4) is 0 Å². The third kappa shape index (κ3) is 5.78. The van der Waals surface area contributed by atoms with Crippen LogP contribution in [0, 0.1) is 0 Å². The Bertz CT molecular complexity index is 278. The lowest BCUT2D eigenvalue weighted by Crippen LogP contribution is -2.32. The van der Waals surface area contributed by atoms with E-state index in [0.29, 0.717) is 0 Å². The van der Waals surface area contributed by atoms with Crippen LogP contribution in [0.25, 0.3) is 0 Å². The van der Waals surface area contributed by atoms with E-state index in [4.69, 9.17) is 5.11 Å². The summed E-state index contributed by atoms with van der Waals surface area (Å²) < 4.78 is 50.1. The lowest BCUT2D eigenvalue weighted by Gasteiger charge is -2.04. The minimum absolute atomic E-state index is 0.280. The van der Waals surface area contributed by atoms with Crippen LogP contribution < -0.4 is 4.72 Å². The first-order chi connectivity index (χ1) is 6.36. The van der Waals surface area contributed by atoms with Crippen LogP contribution in [-0.2, 0) is 19.6 Å². The Hall–Kier alpha value is -0.800. The minimum Gasteiger partial charge on any atom is -0.480 e. The van der Waals surface area contributed by atoms with Crippen LogP contribution >= 0.6 is 0 Å². The number of halogens is 2. The highest BCUT2D eigenvalue weighted by Crippen LogP contribution is 2.00. The molecule has 0 aromatic carbocycles. The molecule has 0 aromatic heterocycles. The van der Waals surface area contributed by atoms with Crippen molar-refractivity contribution in [2.24, 2.45) is 0 Å².